The third kappa shape index (κ3) is 3.73. The Kier molecular flexibility index (Phi) is 6.46. The number of fused-ring (bicyclic) bond motifs is 1. The summed E-state index contributed by atoms with van der Waals surface area (Å²) in [7, 11) is 0. The maximum atomic E-state index is 11.5. The molecule has 3 rings (SSSR count). The molecule has 0 bridgehead atoms. The Bertz CT molecular complexity index is 707. The topological polar surface area (TPSA) is 157 Å². The van der Waals surface area contributed by atoms with E-state index in [2.05, 4.69) is 13.2 Å². The van der Waals surface area contributed by atoms with Crippen LogP contribution in [0.1, 0.15) is 39.0 Å². The number of aliphatic hydroxyl groups is 5. The van der Waals surface area contributed by atoms with E-state index in [0.29, 0.717) is 24.8 Å². The molecule has 1 heterocycles. The Labute approximate surface area is 175 Å². The molecule has 0 aromatic heterocycles. The smallest absolute Gasteiger partial charge is 0.331 e. The number of hydrogen-bond donors (Lipinski definition) is 6. The summed E-state index contributed by atoms with van der Waals surface area (Å²) >= 11 is 0. The zero-order chi connectivity index (χ0) is 22.4. The number of carboxylic acids is 1. The third-order valence-corrected chi connectivity index (χ3v) is 7.23. The van der Waals surface area contributed by atoms with Gasteiger partial charge in [-0.05, 0) is 43.6 Å². The van der Waals surface area contributed by atoms with Crippen LogP contribution in [-0.2, 0) is 14.3 Å². The molecule has 0 aromatic rings. The van der Waals surface area contributed by atoms with Crippen molar-refractivity contribution in [1.82, 2.24) is 0 Å². The first kappa shape index (κ1) is 23.3. The minimum atomic E-state index is -1.60. The molecule has 3 aliphatic rings. The van der Waals surface area contributed by atoms with Gasteiger partial charge in [-0.1, -0.05) is 20.1 Å². The highest BCUT2D eigenvalue weighted by atomic mass is 16.7. The number of rotatable bonds is 5. The summed E-state index contributed by atoms with van der Waals surface area (Å²) in [5.41, 5.74) is -1.19. The number of carboxylic acid groups (broad SMARTS) is 1. The van der Waals surface area contributed by atoms with Gasteiger partial charge in [0.25, 0.3) is 0 Å². The van der Waals surface area contributed by atoms with Crippen molar-refractivity contribution in [2.24, 2.45) is 11.3 Å². The Morgan fingerprint density at radius 1 is 1.20 bits per heavy atom. The zero-order valence-corrected chi connectivity index (χ0v) is 17.1. The largest absolute Gasteiger partial charge is 0.478 e. The first-order chi connectivity index (χ1) is 14.0. The molecule has 30 heavy (non-hydrogen) atoms. The predicted octanol–water partition coefficient (Wildman–Crippen LogP) is -0.300. The monoisotopic (exact) mass is 428 g/mol. The predicted molar refractivity (Wildman–Crippen MR) is 104 cm³/mol. The summed E-state index contributed by atoms with van der Waals surface area (Å²) < 4.78 is 11.9. The van der Waals surface area contributed by atoms with Gasteiger partial charge in [-0.3, -0.25) is 0 Å². The Hall–Kier alpha value is -1.33. The summed E-state index contributed by atoms with van der Waals surface area (Å²) in [6.45, 7) is 9.14. The molecule has 2 aliphatic carbocycles. The maximum Gasteiger partial charge on any atom is 0.331 e. The molecule has 9 heteroatoms. The van der Waals surface area contributed by atoms with Gasteiger partial charge in [0.2, 0.25) is 0 Å². The minimum absolute atomic E-state index is 0.0488. The number of aliphatic carboxylic acids is 1. The van der Waals surface area contributed by atoms with Crippen LogP contribution in [0.15, 0.2) is 24.3 Å². The van der Waals surface area contributed by atoms with Crippen LogP contribution in [0.2, 0.25) is 0 Å². The molecule has 0 radical (unpaired) electrons. The first-order valence-electron chi connectivity index (χ1n) is 10.2. The molecule has 0 aromatic carbocycles. The van der Waals surface area contributed by atoms with Gasteiger partial charge in [-0.2, -0.15) is 0 Å². The van der Waals surface area contributed by atoms with E-state index >= 15 is 0 Å². The van der Waals surface area contributed by atoms with Gasteiger partial charge in [0.1, 0.15) is 24.4 Å². The van der Waals surface area contributed by atoms with E-state index < -0.39 is 66.3 Å². The molecule has 0 amide bonds. The number of ether oxygens (including phenoxy) is 2. The lowest BCUT2D eigenvalue weighted by Crippen LogP contribution is -2.65. The second-order valence-electron chi connectivity index (χ2n) is 9.14. The van der Waals surface area contributed by atoms with Crippen LogP contribution in [0.3, 0.4) is 0 Å². The van der Waals surface area contributed by atoms with Crippen molar-refractivity contribution in [2.75, 3.05) is 6.61 Å². The van der Waals surface area contributed by atoms with Crippen LogP contribution < -0.4 is 0 Å². The fraction of sp³-hybridized carbons (Fsp3) is 0.762. The van der Waals surface area contributed by atoms with Crippen LogP contribution in [0, 0.1) is 11.3 Å². The van der Waals surface area contributed by atoms with Crippen LogP contribution in [0.25, 0.3) is 0 Å². The lowest BCUT2D eigenvalue weighted by Gasteiger charge is -2.59. The van der Waals surface area contributed by atoms with E-state index in [1.807, 2.05) is 6.92 Å². The molecule has 1 aliphatic heterocycles. The average Bonchev–Trinajstić information content (AvgIpc) is 2.68. The summed E-state index contributed by atoms with van der Waals surface area (Å²) in [5, 5.41) is 59.9. The van der Waals surface area contributed by atoms with E-state index in [0.717, 1.165) is 0 Å². The fourth-order valence-electron chi connectivity index (χ4n) is 5.38. The standard InChI is InChI=1S/C21H32O9/c1-10-6-13(23)8-20(3)5-4-12(11(2)18(27)28)7-21(10,20)30-19-17(26)16(25)15(24)14(9-22)29-19/h12-17,19,22-26H,1-2,4-9H2,3H3,(H,27,28)/t12-,13+,14-,15-,16+,17-,19+,20+,21+/m1/s1. The third-order valence-electron chi connectivity index (χ3n) is 7.23. The maximum absolute atomic E-state index is 11.5. The molecule has 2 saturated carbocycles. The van der Waals surface area contributed by atoms with Crippen LogP contribution in [0.5, 0.6) is 0 Å². The van der Waals surface area contributed by atoms with E-state index in [-0.39, 0.29) is 18.4 Å². The SMILES string of the molecule is C=C(C(=O)O)[C@@H]1CC[C@@]2(C)C[C@@H](O)CC(=C)[C@@]2(O[C@@H]2O[C@H](CO)[C@@H](O)[C@H](O)[C@H]2O)C1. The van der Waals surface area contributed by atoms with Crippen molar-refractivity contribution in [3.8, 4) is 0 Å². The molecule has 3 fully saturated rings. The van der Waals surface area contributed by atoms with Gasteiger partial charge in [0.05, 0.1) is 18.3 Å². The molecule has 1 saturated heterocycles. The van der Waals surface area contributed by atoms with E-state index in [1.54, 1.807) is 0 Å². The Balaban J connectivity index is 1.97. The molecule has 170 valence electrons. The fourth-order valence-corrected chi connectivity index (χ4v) is 5.38. The Morgan fingerprint density at radius 3 is 2.47 bits per heavy atom. The Morgan fingerprint density at radius 2 is 1.87 bits per heavy atom. The number of hydrogen-bond acceptors (Lipinski definition) is 8. The van der Waals surface area contributed by atoms with E-state index in [1.165, 1.54) is 0 Å². The van der Waals surface area contributed by atoms with Gasteiger partial charge in [-0.25, -0.2) is 4.79 Å². The van der Waals surface area contributed by atoms with Crippen molar-refractivity contribution in [3.63, 3.8) is 0 Å². The summed E-state index contributed by atoms with van der Waals surface area (Å²) in [6.07, 6.45) is -5.95. The van der Waals surface area contributed by atoms with Crippen LogP contribution >= 0.6 is 0 Å². The highest BCUT2D eigenvalue weighted by Crippen LogP contribution is 2.59. The van der Waals surface area contributed by atoms with Crippen molar-refractivity contribution < 1.29 is 44.9 Å². The molecule has 9 atom stereocenters. The van der Waals surface area contributed by atoms with E-state index in [9.17, 15) is 35.4 Å². The van der Waals surface area contributed by atoms with Crippen molar-refractivity contribution in [2.45, 2.75) is 81.4 Å². The van der Waals surface area contributed by atoms with Gasteiger partial charge in [0, 0.05) is 11.0 Å². The number of carbonyl (C=O) groups is 1. The molecular weight excluding hydrogens is 396 g/mol. The molecular formula is C21H32O9. The van der Waals surface area contributed by atoms with Gasteiger partial charge in [0.15, 0.2) is 6.29 Å². The quantitative estimate of drug-likeness (QED) is 0.255. The lowest BCUT2D eigenvalue weighted by molar-refractivity contribution is -0.342. The van der Waals surface area contributed by atoms with Crippen LogP contribution in [-0.4, -0.2) is 85.6 Å². The normalized spacial score (nSPS) is 46.9. The van der Waals surface area contributed by atoms with Crippen molar-refractivity contribution >= 4 is 5.97 Å². The van der Waals surface area contributed by atoms with Gasteiger partial charge >= 0.3 is 5.97 Å². The average molecular weight is 428 g/mol. The second-order valence-corrected chi connectivity index (χ2v) is 9.14. The highest BCUT2D eigenvalue weighted by Gasteiger charge is 2.60. The van der Waals surface area contributed by atoms with Crippen molar-refractivity contribution in [1.29, 1.82) is 0 Å². The van der Waals surface area contributed by atoms with Gasteiger partial charge in [-0.15, -0.1) is 0 Å². The number of aliphatic hydroxyl groups excluding tert-OH is 5. The van der Waals surface area contributed by atoms with Gasteiger partial charge < -0.3 is 40.1 Å². The summed E-state index contributed by atoms with van der Waals surface area (Å²) in [6, 6.07) is 0. The van der Waals surface area contributed by atoms with E-state index in [4.69, 9.17) is 9.47 Å². The molecule has 0 unspecified atom stereocenters. The minimum Gasteiger partial charge on any atom is -0.478 e. The van der Waals surface area contributed by atoms with Crippen molar-refractivity contribution in [3.05, 3.63) is 24.3 Å². The zero-order valence-electron chi connectivity index (χ0n) is 17.1. The summed E-state index contributed by atoms with van der Waals surface area (Å²) in [5.74, 6) is -1.51. The lowest BCUT2D eigenvalue weighted by atomic mass is 9.52. The molecule has 6 N–H and O–H groups in total. The van der Waals surface area contributed by atoms with Crippen LogP contribution in [0.4, 0.5) is 0 Å². The summed E-state index contributed by atoms with van der Waals surface area (Å²) in [4.78, 5) is 11.5. The highest BCUT2D eigenvalue weighted by molar-refractivity contribution is 5.86. The first-order valence-corrected chi connectivity index (χ1v) is 10.2. The molecule has 9 nitrogen and oxygen atoms in total. The molecule has 0 spiro atoms. The second kappa shape index (κ2) is 8.31.